The molecule has 0 amide bonds. The highest BCUT2D eigenvalue weighted by molar-refractivity contribution is 7.13. The fourth-order valence-corrected chi connectivity index (χ4v) is 1.97. The van der Waals surface area contributed by atoms with Gasteiger partial charge in [-0.25, -0.2) is 9.97 Å². The molecule has 0 aliphatic heterocycles. The molecule has 2 rings (SSSR count). The molecule has 0 radical (unpaired) electrons. The molecule has 0 aromatic carbocycles. The normalized spacial score (nSPS) is 10.9. The first-order valence-corrected chi connectivity index (χ1v) is 6.22. The van der Waals surface area contributed by atoms with Crippen LogP contribution in [0.1, 0.15) is 19.4 Å². The summed E-state index contributed by atoms with van der Waals surface area (Å²) in [6, 6.07) is 4.53. The Morgan fingerprint density at radius 1 is 1.31 bits per heavy atom. The van der Waals surface area contributed by atoms with Gasteiger partial charge in [0.15, 0.2) is 5.82 Å². The minimum Gasteiger partial charge on any atom is -0.310 e. The fourth-order valence-electron chi connectivity index (χ4n) is 1.30. The lowest BCUT2D eigenvalue weighted by atomic mass is 10.3. The Morgan fingerprint density at radius 2 is 2.06 bits per heavy atom. The third-order valence-electron chi connectivity index (χ3n) is 2.16. The van der Waals surface area contributed by atoms with Crippen molar-refractivity contribution in [1.82, 2.24) is 15.3 Å². The van der Waals surface area contributed by atoms with E-state index in [0.29, 0.717) is 6.04 Å². The van der Waals surface area contributed by atoms with Gasteiger partial charge >= 0.3 is 0 Å². The summed E-state index contributed by atoms with van der Waals surface area (Å²) in [5, 5.41) is 5.37. The second kappa shape index (κ2) is 5.18. The molecule has 0 saturated carbocycles. The minimum absolute atomic E-state index is 0.483. The van der Waals surface area contributed by atoms with E-state index in [2.05, 4.69) is 29.1 Å². The molecule has 4 heteroatoms. The predicted octanol–water partition coefficient (Wildman–Crippen LogP) is 2.70. The van der Waals surface area contributed by atoms with E-state index in [-0.39, 0.29) is 0 Å². The molecular weight excluding hydrogens is 218 g/mol. The average Bonchev–Trinajstić information content (AvgIpc) is 2.80. The van der Waals surface area contributed by atoms with Gasteiger partial charge in [-0.05, 0) is 11.4 Å². The van der Waals surface area contributed by atoms with Crippen molar-refractivity contribution >= 4 is 11.3 Å². The number of rotatable bonds is 4. The van der Waals surface area contributed by atoms with Crippen LogP contribution < -0.4 is 5.32 Å². The monoisotopic (exact) mass is 233 g/mol. The summed E-state index contributed by atoms with van der Waals surface area (Å²) in [7, 11) is 0. The Hall–Kier alpha value is -1.26. The van der Waals surface area contributed by atoms with Crippen LogP contribution in [0, 0.1) is 0 Å². The molecule has 0 aliphatic rings. The van der Waals surface area contributed by atoms with E-state index in [4.69, 9.17) is 0 Å². The molecule has 0 bridgehead atoms. The van der Waals surface area contributed by atoms with Gasteiger partial charge in [0.05, 0.1) is 4.88 Å². The highest BCUT2D eigenvalue weighted by Gasteiger charge is 2.02. The molecule has 0 fully saturated rings. The lowest BCUT2D eigenvalue weighted by Crippen LogP contribution is -2.21. The number of aromatic nitrogens is 2. The second-order valence-electron chi connectivity index (χ2n) is 3.93. The molecule has 2 heterocycles. The second-order valence-corrected chi connectivity index (χ2v) is 4.88. The van der Waals surface area contributed by atoms with Crippen molar-refractivity contribution in [3.63, 3.8) is 0 Å². The lowest BCUT2D eigenvalue weighted by molar-refractivity contribution is 0.587. The molecule has 3 nitrogen and oxygen atoms in total. The summed E-state index contributed by atoms with van der Waals surface area (Å²) < 4.78 is 0. The molecule has 0 aliphatic carbocycles. The zero-order chi connectivity index (χ0) is 11.4. The summed E-state index contributed by atoms with van der Waals surface area (Å²) in [5.74, 6) is 0.809. The average molecular weight is 233 g/mol. The van der Waals surface area contributed by atoms with Crippen molar-refractivity contribution in [3.8, 4) is 10.7 Å². The van der Waals surface area contributed by atoms with Crippen LogP contribution in [-0.4, -0.2) is 16.0 Å². The Morgan fingerprint density at radius 3 is 2.62 bits per heavy atom. The topological polar surface area (TPSA) is 37.8 Å². The summed E-state index contributed by atoms with van der Waals surface area (Å²) >= 11 is 1.66. The fraction of sp³-hybridized carbons (Fsp3) is 0.333. The number of nitrogens with one attached hydrogen (secondary N) is 1. The SMILES string of the molecule is CC(C)NCc1cnc(-c2cccs2)nc1. The van der Waals surface area contributed by atoms with Crippen LogP contribution in [0.4, 0.5) is 0 Å². The minimum atomic E-state index is 0.483. The molecule has 0 spiro atoms. The molecule has 84 valence electrons. The van der Waals surface area contributed by atoms with Crippen LogP contribution in [-0.2, 0) is 6.54 Å². The van der Waals surface area contributed by atoms with Gasteiger partial charge in [0, 0.05) is 30.5 Å². The number of hydrogen-bond donors (Lipinski definition) is 1. The first-order chi connectivity index (χ1) is 7.75. The molecular formula is C12H15N3S. The highest BCUT2D eigenvalue weighted by Crippen LogP contribution is 2.19. The summed E-state index contributed by atoms with van der Waals surface area (Å²) in [6.07, 6.45) is 3.77. The van der Waals surface area contributed by atoms with Gasteiger partial charge in [-0.15, -0.1) is 11.3 Å². The third kappa shape index (κ3) is 2.87. The van der Waals surface area contributed by atoms with Gasteiger partial charge in [-0.3, -0.25) is 0 Å². The van der Waals surface area contributed by atoms with Crippen molar-refractivity contribution in [2.45, 2.75) is 26.4 Å². The van der Waals surface area contributed by atoms with Gasteiger partial charge in [0.25, 0.3) is 0 Å². The standard InChI is InChI=1S/C12H15N3S/c1-9(2)13-6-10-7-14-12(15-8-10)11-4-3-5-16-11/h3-5,7-9,13H,6H2,1-2H3. The third-order valence-corrected chi connectivity index (χ3v) is 3.03. The molecule has 1 N–H and O–H groups in total. The van der Waals surface area contributed by atoms with E-state index < -0.39 is 0 Å². The number of thiophene rings is 1. The Balaban J connectivity index is 2.05. The summed E-state index contributed by atoms with van der Waals surface area (Å²) in [6.45, 7) is 5.07. The van der Waals surface area contributed by atoms with Gasteiger partial charge in [-0.2, -0.15) is 0 Å². The molecule has 0 saturated heterocycles. The largest absolute Gasteiger partial charge is 0.310 e. The Kier molecular flexibility index (Phi) is 3.64. The maximum atomic E-state index is 4.36. The van der Waals surface area contributed by atoms with Crippen molar-refractivity contribution in [1.29, 1.82) is 0 Å². The Bertz CT molecular complexity index is 420. The van der Waals surface area contributed by atoms with Crippen LogP contribution in [0.25, 0.3) is 10.7 Å². The predicted molar refractivity (Wildman–Crippen MR) is 67.3 cm³/mol. The maximum absolute atomic E-state index is 4.36. The quantitative estimate of drug-likeness (QED) is 0.882. The van der Waals surface area contributed by atoms with Crippen LogP contribution in [0.3, 0.4) is 0 Å². The smallest absolute Gasteiger partial charge is 0.169 e. The number of nitrogens with zero attached hydrogens (tertiary/aromatic N) is 2. The van der Waals surface area contributed by atoms with Crippen molar-refractivity contribution < 1.29 is 0 Å². The highest BCUT2D eigenvalue weighted by atomic mass is 32.1. The van der Waals surface area contributed by atoms with Gasteiger partial charge in [0.1, 0.15) is 0 Å². The molecule has 0 unspecified atom stereocenters. The molecule has 0 atom stereocenters. The lowest BCUT2D eigenvalue weighted by Gasteiger charge is -2.07. The summed E-state index contributed by atoms with van der Waals surface area (Å²) in [4.78, 5) is 9.83. The van der Waals surface area contributed by atoms with E-state index in [1.54, 1.807) is 11.3 Å². The van der Waals surface area contributed by atoms with Crippen LogP contribution >= 0.6 is 11.3 Å². The molecule has 16 heavy (non-hydrogen) atoms. The molecule has 2 aromatic rings. The first kappa shape index (κ1) is 11.2. The zero-order valence-corrected chi connectivity index (χ0v) is 10.3. The first-order valence-electron chi connectivity index (χ1n) is 5.34. The van der Waals surface area contributed by atoms with E-state index >= 15 is 0 Å². The van der Waals surface area contributed by atoms with Crippen LogP contribution in [0.5, 0.6) is 0 Å². The van der Waals surface area contributed by atoms with Crippen LogP contribution in [0.15, 0.2) is 29.9 Å². The van der Waals surface area contributed by atoms with Crippen molar-refractivity contribution in [3.05, 3.63) is 35.5 Å². The zero-order valence-electron chi connectivity index (χ0n) is 9.47. The maximum Gasteiger partial charge on any atom is 0.169 e. The van der Waals surface area contributed by atoms with Crippen LogP contribution in [0.2, 0.25) is 0 Å². The van der Waals surface area contributed by atoms with Crippen molar-refractivity contribution in [2.24, 2.45) is 0 Å². The van der Waals surface area contributed by atoms with E-state index in [1.165, 1.54) is 0 Å². The van der Waals surface area contributed by atoms with Gasteiger partial charge in [0.2, 0.25) is 0 Å². The number of hydrogen-bond acceptors (Lipinski definition) is 4. The summed E-state index contributed by atoms with van der Waals surface area (Å²) in [5.41, 5.74) is 1.12. The molecule has 2 aromatic heterocycles. The van der Waals surface area contributed by atoms with E-state index in [1.807, 2.05) is 29.9 Å². The van der Waals surface area contributed by atoms with Crippen molar-refractivity contribution in [2.75, 3.05) is 0 Å². The Labute approximate surface area is 99.6 Å². The van der Waals surface area contributed by atoms with Gasteiger partial charge in [-0.1, -0.05) is 19.9 Å². The van der Waals surface area contributed by atoms with Gasteiger partial charge < -0.3 is 5.32 Å². The van der Waals surface area contributed by atoms with E-state index in [9.17, 15) is 0 Å². The van der Waals surface area contributed by atoms with E-state index in [0.717, 1.165) is 22.8 Å².